The molecule has 0 aliphatic carbocycles. The lowest BCUT2D eigenvalue weighted by Gasteiger charge is -2.08. The standard InChI is InChI=1S/C13H13ClN2/c14-13-4-3-11(12(7-13)8-15)6-10-2-1-5-16-9-10/h1-5,7,9H,6,8,15H2. The smallest absolute Gasteiger partial charge is 0.0409 e. The molecule has 1 aromatic carbocycles. The van der Waals surface area contributed by atoms with Gasteiger partial charge in [0.15, 0.2) is 0 Å². The molecule has 0 radical (unpaired) electrons. The van der Waals surface area contributed by atoms with Crippen LogP contribution >= 0.6 is 11.6 Å². The van der Waals surface area contributed by atoms with Gasteiger partial charge in [-0.1, -0.05) is 23.7 Å². The normalized spacial score (nSPS) is 10.4. The van der Waals surface area contributed by atoms with E-state index < -0.39 is 0 Å². The number of hydrogen-bond donors (Lipinski definition) is 1. The SMILES string of the molecule is NCc1cc(Cl)ccc1Cc1cccnc1. The Morgan fingerprint density at radius 2 is 2.06 bits per heavy atom. The van der Waals surface area contributed by atoms with Crippen molar-refractivity contribution in [2.45, 2.75) is 13.0 Å². The molecule has 2 rings (SSSR count). The van der Waals surface area contributed by atoms with E-state index in [0.29, 0.717) is 6.54 Å². The van der Waals surface area contributed by atoms with Crippen molar-refractivity contribution < 1.29 is 0 Å². The van der Waals surface area contributed by atoms with Crippen LogP contribution < -0.4 is 5.73 Å². The Kier molecular flexibility index (Phi) is 3.54. The van der Waals surface area contributed by atoms with E-state index in [1.54, 1.807) is 6.20 Å². The van der Waals surface area contributed by atoms with Gasteiger partial charge < -0.3 is 5.73 Å². The molecule has 0 unspecified atom stereocenters. The second-order valence-corrected chi connectivity index (χ2v) is 4.09. The van der Waals surface area contributed by atoms with Gasteiger partial charge >= 0.3 is 0 Å². The highest BCUT2D eigenvalue weighted by molar-refractivity contribution is 6.30. The summed E-state index contributed by atoms with van der Waals surface area (Å²) in [5.74, 6) is 0. The molecule has 0 aliphatic heterocycles. The van der Waals surface area contributed by atoms with E-state index in [0.717, 1.165) is 17.0 Å². The fourth-order valence-corrected chi connectivity index (χ4v) is 1.87. The molecule has 2 aromatic rings. The van der Waals surface area contributed by atoms with Crippen molar-refractivity contribution in [3.8, 4) is 0 Å². The van der Waals surface area contributed by atoms with Crippen molar-refractivity contribution in [1.29, 1.82) is 0 Å². The maximum atomic E-state index is 5.93. The van der Waals surface area contributed by atoms with Gasteiger partial charge in [-0.3, -0.25) is 4.98 Å². The van der Waals surface area contributed by atoms with Gasteiger partial charge in [0.25, 0.3) is 0 Å². The molecule has 0 atom stereocenters. The van der Waals surface area contributed by atoms with Gasteiger partial charge in [-0.2, -0.15) is 0 Å². The molecule has 0 saturated carbocycles. The van der Waals surface area contributed by atoms with Crippen molar-refractivity contribution in [3.63, 3.8) is 0 Å². The third-order valence-corrected chi connectivity index (χ3v) is 2.74. The fourth-order valence-electron chi connectivity index (χ4n) is 1.68. The lowest BCUT2D eigenvalue weighted by atomic mass is 10.0. The van der Waals surface area contributed by atoms with E-state index in [-0.39, 0.29) is 0 Å². The molecule has 2 nitrogen and oxygen atoms in total. The van der Waals surface area contributed by atoms with Crippen LogP contribution in [0.4, 0.5) is 0 Å². The van der Waals surface area contributed by atoms with E-state index >= 15 is 0 Å². The summed E-state index contributed by atoms with van der Waals surface area (Å²) >= 11 is 5.93. The zero-order valence-corrected chi connectivity index (χ0v) is 9.61. The van der Waals surface area contributed by atoms with Crippen molar-refractivity contribution in [1.82, 2.24) is 4.98 Å². The van der Waals surface area contributed by atoms with E-state index in [2.05, 4.69) is 11.1 Å². The van der Waals surface area contributed by atoms with Crippen LogP contribution in [0.3, 0.4) is 0 Å². The Labute approximate surface area is 100 Å². The molecule has 0 bridgehead atoms. The Balaban J connectivity index is 2.28. The van der Waals surface area contributed by atoms with Crippen molar-refractivity contribution in [3.05, 3.63) is 64.4 Å². The van der Waals surface area contributed by atoms with Gasteiger partial charge in [0.1, 0.15) is 0 Å². The number of aromatic nitrogens is 1. The predicted molar refractivity (Wildman–Crippen MR) is 66.4 cm³/mol. The quantitative estimate of drug-likeness (QED) is 0.884. The summed E-state index contributed by atoms with van der Waals surface area (Å²) in [6, 6.07) is 9.84. The lowest BCUT2D eigenvalue weighted by Crippen LogP contribution is -2.02. The van der Waals surface area contributed by atoms with Crippen LogP contribution in [-0.4, -0.2) is 4.98 Å². The summed E-state index contributed by atoms with van der Waals surface area (Å²) in [6.45, 7) is 0.510. The lowest BCUT2D eigenvalue weighted by molar-refractivity contribution is 1.01. The van der Waals surface area contributed by atoms with Crippen molar-refractivity contribution in [2.24, 2.45) is 5.73 Å². The Hall–Kier alpha value is -1.38. The average molecular weight is 233 g/mol. The molecule has 0 saturated heterocycles. The average Bonchev–Trinajstić information content (AvgIpc) is 2.33. The number of nitrogens with zero attached hydrogens (tertiary/aromatic N) is 1. The number of nitrogens with two attached hydrogens (primary N) is 1. The number of pyridine rings is 1. The number of halogens is 1. The van der Waals surface area contributed by atoms with Gasteiger partial charge in [0.05, 0.1) is 0 Å². The first-order chi connectivity index (χ1) is 7.79. The first kappa shape index (κ1) is 11.1. The molecule has 16 heavy (non-hydrogen) atoms. The van der Waals surface area contributed by atoms with E-state index in [9.17, 15) is 0 Å². The Morgan fingerprint density at radius 3 is 2.75 bits per heavy atom. The van der Waals surface area contributed by atoms with Gasteiger partial charge in [-0.15, -0.1) is 0 Å². The van der Waals surface area contributed by atoms with Crippen LogP contribution in [0.1, 0.15) is 16.7 Å². The van der Waals surface area contributed by atoms with Gasteiger partial charge in [-0.25, -0.2) is 0 Å². The summed E-state index contributed by atoms with van der Waals surface area (Å²) < 4.78 is 0. The van der Waals surface area contributed by atoms with Gasteiger partial charge in [0, 0.05) is 24.0 Å². The van der Waals surface area contributed by atoms with E-state index in [1.807, 2.05) is 30.5 Å². The molecular weight excluding hydrogens is 220 g/mol. The number of rotatable bonds is 3. The van der Waals surface area contributed by atoms with Crippen LogP contribution in [0.5, 0.6) is 0 Å². The maximum absolute atomic E-state index is 5.93. The van der Waals surface area contributed by atoms with Crippen LogP contribution in [0.25, 0.3) is 0 Å². The highest BCUT2D eigenvalue weighted by Crippen LogP contribution is 2.18. The molecule has 0 fully saturated rings. The van der Waals surface area contributed by atoms with Crippen molar-refractivity contribution >= 4 is 11.6 Å². The Bertz CT molecular complexity index is 469. The summed E-state index contributed by atoms with van der Waals surface area (Å²) in [7, 11) is 0. The zero-order chi connectivity index (χ0) is 11.4. The summed E-state index contributed by atoms with van der Waals surface area (Å²) in [6.07, 6.45) is 4.49. The molecule has 0 spiro atoms. The topological polar surface area (TPSA) is 38.9 Å². The minimum absolute atomic E-state index is 0.510. The highest BCUT2D eigenvalue weighted by Gasteiger charge is 2.03. The number of hydrogen-bond acceptors (Lipinski definition) is 2. The first-order valence-electron chi connectivity index (χ1n) is 5.16. The molecule has 2 N–H and O–H groups in total. The molecule has 0 amide bonds. The van der Waals surface area contributed by atoms with Crippen molar-refractivity contribution in [2.75, 3.05) is 0 Å². The van der Waals surface area contributed by atoms with Gasteiger partial charge in [-0.05, 0) is 41.3 Å². The second-order valence-electron chi connectivity index (χ2n) is 3.66. The largest absolute Gasteiger partial charge is 0.326 e. The van der Waals surface area contributed by atoms with E-state index in [4.69, 9.17) is 17.3 Å². The third kappa shape index (κ3) is 2.60. The second kappa shape index (κ2) is 5.10. The molecule has 82 valence electrons. The summed E-state index contributed by atoms with van der Waals surface area (Å²) in [4.78, 5) is 4.10. The van der Waals surface area contributed by atoms with Gasteiger partial charge in [0.2, 0.25) is 0 Å². The maximum Gasteiger partial charge on any atom is 0.0409 e. The van der Waals surface area contributed by atoms with E-state index in [1.165, 1.54) is 11.1 Å². The minimum Gasteiger partial charge on any atom is -0.326 e. The summed E-state index contributed by atoms with van der Waals surface area (Å²) in [5.41, 5.74) is 9.18. The Morgan fingerprint density at radius 1 is 1.19 bits per heavy atom. The molecular formula is C13H13ClN2. The van der Waals surface area contributed by atoms with Crippen LogP contribution in [-0.2, 0) is 13.0 Å². The third-order valence-electron chi connectivity index (χ3n) is 2.51. The van der Waals surface area contributed by atoms with Crippen LogP contribution in [0, 0.1) is 0 Å². The molecule has 3 heteroatoms. The first-order valence-corrected chi connectivity index (χ1v) is 5.53. The van der Waals surface area contributed by atoms with Crippen LogP contribution in [0.15, 0.2) is 42.7 Å². The molecule has 1 heterocycles. The summed E-state index contributed by atoms with van der Waals surface area (Å²) in [5, 5.41) is 0.732. The predicted octanol–water partition coefficient (Wildman–Crippen LogP) is 2.78. The fraction of sp³-hybridized carbons (Fsp3) is 0.154. The van der Waals surface area contributed by atoms with Crippen LogP contribution in [0.2, 0.25) is 5.02 Å². The number of benzene rings is 1. The molecule has 1 aromatic heterocycles. The molecule has 0 aliphatic rings. The zero-order valence-electron chi connectivity index (χ0n) is 8.86. The monoisotopic (exact) mass is 232 g/mol. The highest BCUT2D eigenvalue weighted by atomic mass is 35.5. The minimum atomic E-state index is 0.510.